The Labute approximate surface area is 166 Å². The Kier molecular flexibility index (Phi) is 7.44. The molecule has 0 aromatic heterocycles. The van der Waals surface area contributed by atoms with Gasteiger partial charge in [-0.3, -0.25) is 9.79 Å². The van der Waals surface area contributed by atoms with E-state index in [4.69, 9.17) is 19.2 Å². The van der Waals surface area contributed by atoms with Crippen molar-refractivity contribution in [3.05, 3.63) is 47.5 Å². The third kappa shape index (κ3) is 4.63. The Morgan fingerprint density at radius 2 is 1.61 bits per heavy atom. The molecule has 150 valence electrons. The summed E-state index contributed by atoms with van der Waals surface area (Å²) in [6.45, 7) is 7.03. The van der Waals surface area contributed by atoms with Crippen molar-refractivity contribution in [2.75, 3.05) is 34.4 Å². The lowest BCUT2D eigenvalue weighted by Gasteiger charge is -2.21. The molecule has 0 spiro atoms. The Morgan fingerprint density at radius 1 is 0.964 bits per heavy atom. The first kappa shape index (κ1) is 21.3. The fourth-order valence-corrected chi connectivity index (χ4v) is 2.91. The second-order valence-corrected chi connectivity index (χ2v) is 6.13. The van der Waals surface area contributed by atoms with Crippen LogP contribution in [0, 0.1) is 0 Å². The molecule has 0 heterocycles. The molecule has 2 aromatic rings. The Morgan fingerprint density at radius 3 is 2.18 bits per heavy atom. The van der Waals surface area contributed by atoms with Gasteiger partial charge in [0.2, 0.25) is 0 Å². The number of amides is 1. The summed E-state index contributed by atoms with van der Waals surface area (Å²) in [5, 5.41) is 0. The zero-order valence-electron chi connectivity index (χ0n) is 17.4. The van der Waals surface area contributed by atoms with Crippen LogP contribution in [0.5, 0.6) is 17.2 Å². The number of rotatable bonds is 8. The number of benzene rings is 2. The second kappa shape index (κ2) is 9.78. The highest BCUT2D eigenvalue weighted by molar-refractivity contribution is 6.04. The fraction of sp³-hybridized carbons (Fsp3) is 0.364. The van der Waals surface area contributed by atoms with E-state index in [0.717, 1.165) is 17.0 Å². The van der Waals surface area contributed by atoms with Gasteiger partial charge in [-0.05, 0) is 44.5 Å². The molecule has 28 heavy (non-hydrogen) atoms. The van der Waals surface area contributed by atoms with Gasteiger partial charge < -0.3 is 19.1 Å². The molecule has 0 aliphatic heterocycles. The Balaban J connectivity index is 2.61. The zero-order chi connectivity index (χ0) is 20.7. The van der Waals surface area contributed by atoms with Crippen LogP contribution in [-0.4, -0.2) is 50.9 Å². The van der Waals surface area contributed by atoms with Crippen LogP contribution in [0.2, 0.25) is 0 Å². The van der Waals surface area contributed by atoms with Crippen LogP contribution in [0.4, 0.5) is 5.69 Å². The molecule has 0 aliphatic carbocycles. The van der Waals surface area contributed by atoms with Gasteiger partial charge in [0.25, 0.3) is 5.91 Å². The van der Waals surface area contributed by atoms with Crippen molar-refractivity contribution >= 4 is 17.3 Å². The average molecular weight is 384 g/mol. The molecule has 2 rings (SSSR count). The second-order valence-electron chi connectivity index (χ2n) is 6.13. The van der Waals surface area contributed by atoms with Crippen LogP contribution < -0.4 is 14.2 Å². The standard InChI is InChI=1S/C22H28N2O4/c1-7-24(8-2)22(25)18-13-20(27-5)21(28-6)14-19(18)23-15(3)16-10-9-11-17(12-16)26-4/h9-14H,7-8H2,1-6H3. The molecule has 0 unspecified atom stereocenters. The number of carbonyl (C=O) groups is 1. The predicted molar refractivity (Wildman–Crippen MR) is 112 cm³/mol. The van der Waals surface area contributed by atoms with E-state index in [2.05, 4.69) is 0 Å². The molecule has 0 atom stereocenters. The Hall–Kier alpha value is -3.02. The summed E-state index contributed by atoms with van der Waals surface area (Å²) in [6, 6.07) is 11.1. The summed E-state index contributed by atoms with van der Waals surface area (Å²) < 4.78 is 16.1. The SMILES string of the molecule is CCN(CC)C(=O)c1cc(OC)c(OC)cc1N=C(C)c1cccc(OC)c1. The molecule has 2 aromatic carbocycles. The number of methoxy groups -OCH3 is 3. The molecule has 0 saturated carbocycles. The van der Waals surface area contributed by atoms with Crippen LogP contribution in [0.3, 0.4) is 0 Å². The highest BCUT2D eigenvalue weighted by atomic mass is 16.5. The van der Waals surface area contributed by atoms with Gasteiger partial charge in [0.15, 0.2) is 11.5 Å². The van der Waals surface area contributed by atoms with Crippen LogP contribution in [-0.2, 0) is 0 Å². The smallest absolute Gasteiger partial charge is 0.256 e. The molecule has 0 N–H and O–H groups in total. The van der Waals surface area contributed by atoms with Gasteiger partial charge in [-0.1, -0.05) is 12.1 Å². The summed E-state index contributed by atoms with van der Waals surface area (Å²) >= 11 is 0. The normalized spacial score (nSPS) is 11.1. The van der Waals surface area contributed by atoms with Gasteiger partial charge in [-0.2, -0.15) is 0 Å². The first-order chi connectivity index (χ1) is 13.5. The van der Waals surface area contributed by atoms with Gasteiger partial charge in [0.1, 0.15) is 5.75 Å². The molecule has 6 heteroatoms. The summed E-state index contributed by atoms with van der Waals surface area (Å²) in [5.74, 6) is 1.67. The number of ether oxygens (including phenoxy) is 3. The zero-order valence-corrected chi connectivity index (χ0v) is 17.4. The van der Waals surface area contributed by atoms with Crippen molar-refractivity contribution < 1.29 is 19.0 Å². The van der Waals surface area contributed by atoms with Crippen molar-refractivity contribution in [1.82, 2.24) is 4.90 Å². The van der Waals surface area contributed by atoms with Crippen LogP contribution >= 0.6 is 0 Å². The van der Waals surface area contributed by atoms with Gasteiger partial charge in [0, 0.05) is 24.9 Å². The van der Waals surface area contributed by atoms with Crippen LogP contribution in [0.25, 0.3) is 0 Å². The van der Waals surface area contributed by atoms with Crippen molar-refractivity contribution in [2.24, 2.45) is 4.99 Å². The number of hydrogen-bond acceptors (Lipinski definition) is 5. The number of aliphatic imine (C=N–C) groups is 1. The first-order valence-electron chi connectivity index (χ1n) is 9.23. The van der Waals surface area contributed by atoms with Crippen LogP contribution in [0.15, 0.2) is 41.4 Å². The maximum absolute atomic E-state index is 13.1. The molecular formula is C22H28N2O4. The molecule has 0 fully saturated rings. The van der Waals surface area contributed by atoms with E-state index in [0.29, 0.717) is 35.8 Å². The third-order valence-electron chi connectivity index (χ3n) is 4.56. The van der Waals surface area contributed by atoms with Crippen molar-refractivity contribution in [1.29, 1.82) is 0 Å². The predicted octanol–water partition coefficient (Wildman–Crippen LogP) is 4.34. The van der Waals surface area contributed by atoms with Gasteiger partial charge in [-0.25, -0.2) is 0 Å². The molecule has 6 nitrogen and oxygen atoms in total. The molecular weight excluding hydrogens is 356 g/mol. The summed E-state index contributed by atoms with van der Waals surface area (Å²) in [7, 11) is 4.74. The lowest BCUT2D eigenvalue weighted by molar-refractivity contribution is 0.0773. The first-order valence-corrected chi connectivity index (χ1v) is 9.23. The van der Waals surface area contributed by atoms with Gasteiger partial charge in [0.05, 0.1) is 32.6 Å². The largest absolute Gasteiger partial charge is 0.497 e. The lowest BCUT2D eigenvalue weighted by atomic mass is 10.1. The summed E-state index contributed by atoms with van der Waals surface area (Å²) in [4.78, 5) is 19.5. The average Bonchev–Trinajstić information content (AvgIpc) is 2.74. The maximum Gasteiger partial charge on any atom is 0.256 e. The topological polar surface area (TPSA) is 60.4 Å². The monoisotopic (exact) mass is 384 g/mol. The van der Waals surface area contributed by atoms with Crippen molar-refractivity contribution in [2.45, 2.75) is 20.8 Å². The summed E-state index contributed by atoms with van der Waals surface area (Å²) in [5.41, 5.74) is 2.69. The van der Waals surface area contributed by atoms with Crippen molar-refractivity contribution in [3.8, 4) is 17.2 Å². The van der Waals surface area contributed by atoms with Gasteiger partial charge >= 0.3 is 0 Å². The minimum absolute atomic E-state index is 0.0943. The highest BCUT2D eigenvalue weighted by Gasteiger charge is 2.20. The number of carbonyl (C=O) groups excluding carboxylic acids is 1. The van der Waals surface area contributed by atoms with Crippen LogP contribution in [0.1, 0.15) is 36.7 Å². The van der Waals surface area contributed by atoms with E-state index >= 15 is 0 Å². The number of hydrogen-bond donors (Lipinski definition) is 0. The minimum atomic E-state index is -0.0943. The molecule has 0 aliphatic rings. The molecule has 1 amide bonds. The fourth-order valence-electron chi connectivity index (χ4n) is 2.91. The third-order valence-corrected chi connectivity index (χ3v) is 4.56. The molecule has 0 radical (unpaired) electrons. The van der Waals surface area contributed by atoms with E-state index in [1.54, 1.807) is 38.4 Å². The number of nitrogens with zero attached hydrogens (tertiary/aromatic N) is 2. The molecule has 0 saturated heterocycles. The quantitative estimate of drug-likeness (QED) is 0.636. The lowest BCUT2D eigenvalue weighted by Crippen LogP contribution is -2.30. The highest BCUT2D eigenvalue weighted by Crippen LogP contribution is 2.36. The van der Waals surface area contributed by atoms with Gasteiger partial charge in [-0.15, -0.1) is 0 Å². The van der Waals surface area contributed by atoms with E-state index in [1.165, 1.54) is 0 Å². The van der Waals surface area contributed by atoms with Crippen molar-refractivity contribution in [3.63, 3.8) is 0 Å². The summed E-state index contributed by atoms with van der Waals surface area (Å²) in [6.07, 6.45) is 0. The van der Waals surface area contributed by atoms with E-state index in [-0.39, 0.29) is 5.91 Å². The van der Waals surface area contributed by atoms with E-state index in [1.807, 2.05) is 45.0 Å². The minimum Gasteiger partial charge on any atom is -0.497 e. The van der Waals surface area contributed by atoms with E-state index in [9.17, 15) is 4.79 Å². The maximum atomic E-state index is 13.1. The van der Waals surface area contributed by atoms with E-state index < -0.39 is 0 Å². The molecule has 0 bridgehead atoms. The Bertz CT molecular complexity index is 858.